The predicted octanol–water partition coefficient (Wildman–Crippen LogP) is 3.35. The zero-order chi connectivity index (χ0) is 13.4. The van der Waals surface area contributed by atoms with Crippen molar-refractivity contribution in [3.05, 3.63) is 70.5 Å². The Bertz CT molecular complexity index is 702. The summed E-state index contributed by atoms with van der Waals surface area (Å²) in [4.78, 5) is 12.2. The topological polar surface area (TPSA) is 37.3 Å². The van der Waals surface area contributed by atoms with Crippen LogP contribution in [0.15, 0.2) is 48.0 Å². The molecule has 0 saturated carbocycles. The third-order valence-electron chi connectivity index (χ3n) is 3.29. The van der Waals surface area contributed by atoms with Gasteiger partial charge in [-0.2, -0.15) is 0 Å². The molecule has 0 heterocycles. The van der Waals surface area contributed by atoms with Crippen molar-refractivity contribution in [3.63, 3.8) is 0 Å². The number of hydrogen-bond acceptors (Lipinski definition) is 2. The van der Waals surface area contributed by atoms with E-state index in [-0.39, 0.29) is 17.3 Å². The molecule has 1 aliphatic rings. The molecule has 1 aliphatic carbocycles. The first kappa shape index (κ1) is 11.7. The maximum atomic E-state index is 13.6. The minimum absolute atomic E-state index is 0.114. The number of carbonyl (C=O) groups excluding carboxylic acids is 1. The van der Waals surface area contributed by atoms with Crippen LogP contribution in [0.4, 0.5) is 4.39 Å². The number of benzene rings is 2. The summed E-state index contributed by atoms with van der Waals surface area (Å²) in [5.41, 5.74) is 2.01. The molecular weight excluding hydrogens is 243 g/mol. The smallest absolute Gasteiger partial charge is 0.189 e. The summed E-state index contributed by atoms with van der Waals surface area (Å²) in [7, 11) is 0. The van der Waals surface area contributed by atoms with E-state index in [4.69, 9.17) is 0 Å². The molecule has 19 heavy (non-hydrogen) atoms. The van der Waals surface area contributed by atoms with E-state index in [1.54, 1.807) is 42.5 Å². The van der Waals surface area contributed by atoms with E-state index in [1.165, 1.54) is 6.07 Å². The molecule has 0 saturated heterocycles. The number of fused-ring (bicyclic) bond motifs is 1. The van der Waals surface area contributed by atoms with Crippen LogP contribution in [0.1, 0.15) is 21.5 Å². The van der Waals surface area contributed by atoms with Gasteiger partial charge in [0.15, 0.2) is 5.78 Å². The third kappa shape index (κ3) is 1.93. The monoisotopic (exact) mass is 254 g/mol. The lowest BCUT2D eigenvalue weighted by atomic mass is 10.1. The van der Waals surface area contributed by atoms with Crippen molar-refractivity contribution in [1.29, 1.82) is 0 Å². The van der Waals surface area contributed by atoms with Crippen LogP contribution < -0.4 is 0 Å². The fourth-order valence-electron chi connectivity index (χ4n) is 2.31. The first-order valence-corrected chi connectivity index (χ1v) is 5.97. The van der Waals surface area contributed by atoms with Gasteiger partial charge >= 0.3 is 0 Å². The van der Waals surface area contributed by atoms with E-state index >= 15 is 0 Å². The Morgan fingerprint density at radius 3 is 2.63 bits per heavy atom. The molecule has 2 aromatic carbocycles. The van der Waals surface area contributed by atoms with Crippen molar-refractivity contribution in [1.82, 2.24) is 0 Å². The number of aromatic hydroxyl groups is 1. The van der Waals surface area contributed by atoms with Crippen molar-refractivity contribution < 1.29 is 14.3 Å². The summed E-state index contributed by atoms with van der Waals surface area (Å²) in [5, 5.41) is 9.73. The number of hydrogen-bond donors (Lipinski definition) is 1. The summed E-state index contributed by atoms with van der Waals surface area (Å²) in [6.07, 6.45) is 1.90. The summed E-state index contributed by atoms with van der Waals surface area (Å²) in [6.45, 7) is 0. The molecule has 0 unspecified atom stereocenters. The Morgan fingerprint density at radius 2 is 1.89 bits per heavy atom. The van der Waals surface area contributed by atoms with E-state index < -0.39 is 0 Å². The van der Waals surface area contributed by atoms with Crippen molar-refractivity contribution in [2.75, 3.05) is 0 Å². The zero-order valence-electron chi connectivity index (χ0n) is 10.1. The molecule has 2 aromatic rings. The molecule has 0 amide bonds. The van der Waals surface area contributed by atoms with Gasteiger partial charge in [0.2, 0.25) is 0 Å². The largest absolute Gasteiger partial charge is 0.508 e. The first-order valence-electron chi connectivity index (χ1n) is 5.97. The van der Waals surface area contributed by atoms with Crippen molar-refractivity contribution in [2.45, 2.75) is 6.42 Å². The molecule has 3 heteroatoms. The summed E-state index contributed by atoms with van der Waals surface area (Å²) < 4.78 is 13.6. The van der Waals surface area contributed by atoms with Gasteiger partial charge in [0.1, 0.15) is 11.6 Å². The minimum atomic E-state index is -0.358. The highest BCUT2D eigenvalue weighted by Crippen LogP contribution is 2.33. The number of carbonyl (C=O) groups is 1. The van der Waals surface area contributed by atoms with Gasteiger partial charge < -0.3 is 5.11 Å². The Labute approximate surface area is 109 Å². The van der Waals surface area contributed by atoms with Gasteiger partial charge in [-0.05, 0) is 18.2 Å². The number of phenolic OH excluding ortho intramolecular Hbond substituents is 1. The SMILES string of the molecule is O=C1/C(=C/c2ccccc2F)Cc2c(O)cccc21. The van der Waals surface area contributed by atoms with Gasteiger partial charge in [0, 0.05) is 28.7 Å². The lowest BCUT2D eigenvalue weighted by Crippen LogP contribution is -1.95. The van der Waals surface area contributed by atoms with Crippen LogP contribution in [0.25, 0.3) is 6.08 Å². The average molecular weight is 254 g/mol. The second-order valence-electron chi connectivity index (χ2n) is 4.50. The average Bonchev–Trinajstić information content (AvgIpc) is 2.72. The summed E-state index contributed by atoms with van der Waals surface area (Å²) in [5.74, 6) is -0.389. The standard InChI is InChI=1S/C16H11FO2/c17-14-6-2-1-4-10(14)8-11-9-13-12(16(11)19)5-3-7-15(13)18/h1-8,18H,9H2/b11-8+. The highest BCUT2D eigenvalue weighted by atomic mass is 19.1. The van der Waals surface area contributed by atoms with Crippen molar-refractivity contribution in [3.8, 4) is 5.75 Å². The van der Waals surface area contributed by atoms with E-state index in [9.17, 15) is 14.3 Å². The van der Waals surface area contributed by atoms with Crippen LogP contribution in [0.3, 0.4) is 0 Å². The Hall–Kier alpha value is -2.42. The second kappa shape index (κ2) is 4.35. The lowest BCUT2D eigenvalue weighted by Gasteiger charge is -1.98. The van der Waals surface area contributed by atoms with Crippen LogP contribution >= 0.6 is 0 Å². The number of allylic oxidation sites excluding steroid dienone is 1. The van der Waals surface area contributed by atoms with Crippen LogP contribution in [-0.2, 0) is 6.42 Å². The van der Waals surface area contributed by atoms with Gasteiger partial charge in [0.25, 0.3) is 0 Å². The maximum absolute atomic E-state index is 13.6. The fourth-order valence-corrected chi connectivity index (χ4v) is 2.31. The highest BCUT2D eigenvalue weighted by Gasteiger charge is 2.26. The van der Waals surface area contributed by atoms with Gasteiger partial charge in [0.05, 0.1) is 0 Å². The van der Waals surface area contributed by atoms with E-state index in [0.29, 0.717) is 28.7 Å². The van der Waals surface area contributed by atoms with Gasteiger partial charge in [-0.25, -0.2) is 4.39 Å². The predicted molar refractivity (Wildman–Crippen MR) is 70.5 cm³/mol. The van der Waals surface area contributed by atoms with Gasteiger partial charge in [-0.1, -0.05) is 30.3 Å². The lowest BCUT2D eigenvalue weighted by molar-refractivity contribution is 0.104. The summed E-state index contributed by atoms with van der Waals surface area (Å²) in [6, 6.07) is 11.2. The Balaban J connectivity index is 2.05. The molecule has 0 atom stereocenters. The molecule has 94 valence electrons. The van der Waals surface area contributed by atoms with Gasteiger partial charge in [-0.3, -0.25) is 4.79 Å². The van der Waals surface area contributed by atoms with Gasteiger partial charge in [-0.15, -0.1) is 0 Å². The number of ketones is 1. The minimum Gasteiger partial charge on any atom is -0.508 e. The highest BCUT2D eigenvalue weighted by molar-refractivity contribution is 6.16. The number of Topliss-reactive ketones (excluding diaryl/α,β-unsaturated/α-hetero) is 1. The van der Waals surface area contributed by atoms with E-state index in [1.807, 2.05) is 0 Å². The fraction of sp³-hybridized carbons (Fsp3) is 0.0625. The quantitative estimate of drug-likeness (QED) is 0.792. The van der Waals surface area contributed by atoms with Crippen LogP contribution in [0.5, 0.6) is 5.75 Å². The summed E-state index contributed by atoms with van der Waals surface area (Å²) >= 11 is 0. The van der Waals surface area contributed by atoms with E-state index in [2.05, 4.69) is 0 Å². The van der Waals surface area contributed by atoms with Crippen LogP contribution in [0.2, 0.25) is 0 Å². The molecule has 0 bridgehead atoms. The Morgan fingerprint density at radius 1 is 1.11 bits per heavy atom. The molecule has 2 nitrogen and oxygen atoms in total. The van der Waals surface area contributed by atoms with Crippen molar-refractivity contribution >= 4 is 11.9 Å². The molecule has 0 aromatic heterocycles. The van der Waals surface area contributed by atoms with Crippen LogP contribution in [0, 0.1) is 5.82 Å². The maximum Gasteiger partial charge on any atom is 0.189 e. The van der Waals surface area contributed by atoms with Crippen molar-refractivity contribution in [2.24, 2.45) is 0 Å². The molecular formula is C16H11FO2. The molecule has 0 radical (unpaired) electrons. The van der Waals surface area contributed by atoms with Crippen LogP contribution in [-0.4, -0.2) is 10.9 Å². The Kier molecular flexibility index (Phi) is 2.67. The number of rotatable bonds is 1. The number of halogens is 1. The number of phenols is 1. The second-order valence-corrected chi connectivity index (χ2v) is 4.50. The van der Waals surface area contributed by atoms with E-state index in [0.717, 1.165) is 0 Å². The normalized spacial score (nSPS) is 15.8. The molecule has 0 aliphatic heterocycles. The molecule has 1 N–H and O–H groups in total. The zero-order valence-corrected chi connectivity index (χ0v) is 10.1. The molecule has 0 fully saturated rings. The first-order chi connectivity index (χ1) is 9.16. The molecule has 0 spiro atoms. The third-order valence-corrected chi connectivity index (χ3v) is 3.29. The molecule has 3 rings (SSSR count).